The summed E-state index contributed by atoms with van der Waals surface area (Å²) in [6, 6.07) is 0.286. The molecule has 1 aliphatic heterocycles. The van der Waals surface area contributed by atoms with Crippen LogP contribution >= 0.6 is 0 Å². The van der Waals surface area contributed by atoms with Gasteiger partial charge in [0, 0.05) is 6.04 Å². The van der Waals surface area contributed by atoms with Crippen molar-refractivity contribution in [2.45, 2.75) is 72.1 Å². The van der Waals surface area contributed by atoms with Crippen LogP contribution in [0.15, 0.2) is 0 Å². The van der Waals surface area contributed by atoms with Crippen LogP contribution < -0.4 is 5.32 Å². The minimum atomic E-state index is -0.390. The lowest BCUT2D eigenvalue weighted by Gasteiger charge is -2.28. The monoisotopic (exact) mass is 227 g/mol. The van der Waals surface area contributed by atoms with Gasteiger partial charge < -0.3 is 10.1 Å². The Hall–Kier alpha value is -0.570. The number of carbonyl (C=O) groups is 1. The van der Waals surface area contributed by atoms with Gasteiger partial charge in [-0.2, -0.15) is 0 Å². The van der Waals surface area contributed by atoms with Gasteiger partial charge in [0.25, 0.3) is 0 Å². The molecule has 0 unspecified atom stereocenters. The SMILES string of the molecule is CC(C)(C)OC(=O)[C@@H]1CC[C@H](C(C)(C)C)N1. The lowest BCUT2D eigenvalue weighted by Crippen LogP contribution is -2.44. The molecule has 1 fully saturated rings. The number of carbonyl (C=O) groups excluding carboxylic acids is 1. The van der Waals surface area contributed by atoms with Crippen LogP contribution in [0.1, 0.15) is 54.4 Å². The average molecular weight is 227 g/mol. The van der Waals surface area contributed by atoms with E-state index in [1.165, 1.54) is 0 Å². The Morgan fingerprint density at radius 3 is 2.06 bits per heavy atom. The maximum absolute atomic E-state index is 11.8. The molecule has 0 aliphatic carbocycles. The van der Waals surface area contributed by atoms with E-state index >= 15 is 0 Å². The first-order valence-corrected chi connectivity index (χ1v) is 6.08. The molecule has 0 spiro atoms. The lowest BCUT2D eigenvalue weighted by molar-refractivity contribution is -0.157. The summed E-state index contributed by atoms with van der Waals surface area (Å²) in [6.45, 7) is 12.3. The fourth-order valence-corrected chi connectivity index (χ4v) is 1.98. The van der Waals surface area contributed by atoms with Crippen molar-refractivity contribution in [3.63, 3.8) is 0 Å². The number of rotatable bonds is 1. The molecule has 1 saturated heterocycles. The van der Waals surface area contributed by atoms with Crippen LogP contribution in [-0.4, -0.2) is 23.7 Å². The summed E-state index contributed by atoms with van der Waals surface area (Å²) in [5.74, 6) is -0.112. The molecular weight excluding hydrogens is 202 g/mol. The predicted molar refractivity (Wildman–Crippen MR) is 65.2 cm³/mol. The molecule has 0 aromatic carbocycles. The maximum Gasteiger partial charge on any atom is 0.323 e. The highest BCUT2D eigenvalue weighted by atomic mass is 16.6. The summed E-state index contributed by atoms with van der Waals surface area (Å²) < 4.78 is 5.38. The standard InChI is InChI=1S/C13H25NO2/c1-12(2,3)10-8-7-9(14-10)11(15)16-13(4,5)6/h9-10,14H,7-8H2,1-6H3/t9-,10+/m0/s1. The van der Waals surface area contributed by atoms with E-state index in [9.17, 15) is 4.79 Å². The van der Waals surface area contributed by atoms with E-state index in [2.05, 4.69) is 26.1 Å². The predicted octanol–water partition coefficient (Wildman–Crippen LogP) is 2.49. The summed E-state index contributed by atoms with van der Waals surface area (Å²) in [4.78, 5) is 11.8. The summed E-state index contributed by atoms with van der Waals surface area (Å²) in [5, 5.41) is 3.38. The Kier molecular flexibility index (Phi) is 3.68. The van der Waals surface area contributed by atoms with Crippen molar-refractivity contribution in [1.29, 1.82) is 0 Å². The zero-order chi connectivity index (χ0) is 12.6. The molecule has 94 valence electrons. The van der Waals surface area contributed by atoms with Crippen LogP contribution in [-0.2, 0) is 9.53 Å². The van der Waals surface area contributed by atoms with Crippen molar-refractivity contribution in [1.82, 2.24) is 5.32 Å². The zero-order valence-electron chi connectivity index (χ0n) is 11.4. The molecule has 0 amide bonds. The van der Waals surface area contributed by atoms with Crippen molar-refractivity contribution in [2.24, 2.45) is 5.41 Å². The molecule has 0 radical (unpaired) electrons. The van der Waals surface area contributed by atoms with E-state index in [4.69, 9.17) is 4.74 Å². The molecule has 0 saturated carbocycles. The fourth-order valence-electron chi connectivity index (χ4n) is 1.98. The van der Waals surface area contributed by atoms with E-state index in [1.807, 2.05) is 20.8 Å². The highest BCUT2D eigenvalue weighted by Crippen LogP contribution is 2.29. The van der Waals surface area contributed by atoms with Gasteiger partial charge in [0.2, 0.25) is 0 Å². The second-order valence-electron chi connectivity index (χ2n) is 6.75. The molecule has 3 nitrogen and oxygen atoms in total. The fraction of sp³-hybridized carbons (Fsp3) is 0.923. The maximum atomic E-state index is 11.8. The zero-order valence-corrected chi connectivity index (χ0v) is 11.4. The summed E-state index contributed by atoms with van der Waals surface area (Å²) in [5.41, 5.74) is -0.185. The largest absolute Gasteiger partial charge is 0.459 e. The quantitative estimate of drug-likeness (QED) is 0.699. The van der Waals surface area contributed by atoms with E-state index < -0.39 is 5.60 Å². The lowest BCUT2D eigenvalue weighted by atomic mass is 9.86. The minimum absolute atomic E-state index is 0.112. The smallest absolute Gasteiger partial charge is 0.323 e. The van der Waals surface area contributed by atoms with Gasteiger partial charge >= 0.3 is 5.97 Å². The van der Waals surface area contributed by atoms with Gasteiger partial charge in [-0.3, -0.25) is 4.79 Å². The molecule has 0 bridgehead atoms. The second kappa shape index (κ2) is 4.36. The molecule has 0 aromatic rings. The average Bonchev–Trinajstić information content (AvgIpc) is 2.46. The van der Waals surface area contributed by atoms with Crippen LogP contribution in [0, 0.1) is 5.41 Å². The normalized spacial score (nSPS) is 26.9. The van der Waals surface area contributed by atoms with Crippen LogP contribution in [0.4, 0.5) is 0 Å². The van der Waals surface area contributed by atoms with Gasteiger partial charge in [-0.15, -0.1) is 0 Å². The molecule has 1 N–H and O–H groups in total. The third-order valence-corrected chi connectivity index (χ3v) is 2.88. The van der Waals surface area contributed by atoms with Crippen molar-refractivity contribution in [3.05, 3.63) is 0 Å². The molecular formula is C13H25NO2. The Morgan fingerprint density at radius 1 is 1.12 bits per heavy atom. The third-order valence-electron chi connectivity index (χ3n) is 2.88. The molecule has 0 aromatic heterocycles. The van der Waals surface area contributed by atoms with Gasteiger partial charge in [-0.1, -0.05) is 20.8 Å². The highest BCUT2D eigenvalue weighted by Gasteiger charge is 2.37. The van der Waals surface area contributed by atoms with Crippen LogP contribution in [0.5, 0.6) is 0 Å². The van der Waals surface area contributed by atoms with E-state index in [1.54, 1.807) is 0 Å². The summed E-state index contributed by atoms with van der Waals surface area (Å²) in [7, 11) is 0. The molecule has 1 heterocycles. The first-order valence-electron chi connectivity index (χ1n) is 6.08. The minimum Gasteiger partial charge on any atom is -0.459 e. The van der Waals surface area contributed by atoms with Crippen LogP contribution in [0.25, 0.3) is 0 Å². The van der Waals surface area contributed by atoms with Crippen molar-refractivity contribution in [3.8, 4) is 0 Å². The number of ether oxygens (including phenoxy) is 1. The Labute approximate surface area is 98.9 Å². The number of hydrogen-bond acceptors (Lipinski definition) is 3. The molecule has 1 rings (SSSR count). The first-order chi connectivity index (χ1) is 7.09. The molecule has 16 heavy (non-hydrogen) atoms. The molecule has 2 atom stereocenters. The van der Waals surface area contributed by atoms with Crippen molar-refractivity contribution < 1.29 is 9.53 Å². The number of nitrogens with one attached hydrogen (secondary N) is 1. The Balaban J connectivity index is 2.51. The van der Waals surface area contributed by atoms with Crippen LogP contribution in [0.2, 0.25) is 0 Å². The number of esters is 1. The number of hydrogen-bond donors (Lipinski definition) is 1. The summed E-state index contributed by atoms with van der Waals surface area (Å²) in [6.07, 6.45) is 1.93. The Morgan fingerprint density at radius 2 is 1.69 bits per heavy atom. The van der Waals surface area contributed by atoms with E-state index in [-0.39, 0.29) is 17.4 Å². The molecule has 3 heteroatoms. The van der Waals surface area contributed by atoms with Gasteiger partial charge in [0.1, 0.15) is 11.6 Å². The van der Waals surface area contributed by atoms with Crippen LogP contribution in [0.3, 0.4) is 0 Å². The second-order valence-corrected chi connectivity index (χ2v) is 6.75. The van der Waals surface area contributed by atoms with Gasteiger partial charge in [-0.25, -0.2) is 0 Å². The van der Waals surface area contributed by atoms with Crippen molar-refractivity contribution in [2.75, 3.05) is 0 Å². The van der Waals surface area contributed by atoms with Gasteiger partial charge in [0.05, 0.1) is 0 Å². The molecule has 1 aliphatic rings. The third kappa shape index (κ3) is 3.78. The first kappa shape index (κ1) is 13.5. The van der Waals surface area contributed by atoms with E-state index in [0.717, 1.165) is 12.8 Å². The Bertz CT molecular complexity index is 260. The summed E-state index contributed by atoms with van der Waals surface area (Å²) >= 11 is 0. The van der Waals surface area contributed by atoms with Crippen molar-refractivity contribution >= 4 is 5.97 Å². The van der Waals surface area contributed by atoms with E-state index in [0.29, 0.717) is 6.04 Å². The van der Waals surface area contributed by atoms with Gasteiger partial charge in [-0.05, 0) is 39.0 Å². The topological polar surface area (TPSA) is 38.3 Å². The highest BCUT2D eigenvalue weighted by molar-refractivity contribution is 5.76. The van der Waals surface area contributed by atoms with Gasteiger partial charge in [0.15, 0.2) is 0 Å².